The van der Waals surface area contributed by atoms with Gasteiger partial charge < -0.3 is 9.64 Å². The minimum absolute atomic E-state index is 0.150. The monoisotopic (exact) mass is 405 g/mol. The number of carbonyl (C=O) groups is 1. The highest BCUT2D eigenvalue weighted by molar-refractivity contribution is 7.89. The number of halogens is 2. The molecule has 1 N–H and O–H groups in total. The van der Waals surface area contributed by atoms with Gasteiger partial charge in [0.1, 0.15) is 11.9 Å². The van der Waals surface area contributed by atoms with Gasteiger partial charge in [0, 0.05) is 11.6 Å². The van der Waals surface area contributed by atoms with E-state index >= 15 is 0 Å². The van der Waals surface area contributed by atoms with Gasteiger partial charge in [-0.05, 0) is 18.2 Å². The predicted octanol–water partition coefficient (Wildman–Crippen LogP) is 1.50. The Labute approximate surface area is 152 Å². The van der Waals surface area contributed by atoms with Crippen molar-refractivity contribution in [1.29, 1.82) is 0 Å². The normalized spacial score (nSPS) is 15.0. The number of benzene rings is 1. The lowest BCUT2D eigenvalue weighted by molar-refractivity contribution is -0.138. The summed E-state index contributed by atoms with van der Waals surface area (Å²) in [6.45, 7) is 0.326. The fourth-order valence-electron chi connectivity index (χ4n) is 2.12. The van der Waals surface area contributed by atoms with Crippen LogP contribution in [-0.2, 0) is 14.8 Å². The molecule has 1 aliphatic rings. The number of hydrogen-bond donors (Lipinski definition) is 1. The number of carbonyl (C=O) groups excluding carboxylic acids is 1. The maximum atomic E-state index is 13.1. The van der Waals surface area contributed by atoms with Gasteiger partial charge in [-0.2, -0.15) is 0 Å². The molecule has 0 spiro atoms. The van der Waals surface area contributed by atoms with E-state index in [9.17, 15) is 17.6 Å². The van der Waals surface area contributed by atoms with E-state index in [1.54, 1.807) is 11.6 Å². The van der Waals surface area contributed by atoms with Crippen LogP contribution in [0.1, 0.15) is 0 Å². The van der Waals surface area contributed by atoms with Gasteiger partial charge in [0.25, 0.3) is 5.19 Å². The van der Waals surface area contributed by atoms with Crippen LogP contribution in [0.5, 0.6) is 5.19 Å². The molecule has 11 heteroatoms. The minimum atomic E-state index is -3.95. The third-order valence-corrected chi connectivity index (χ3v) is 5.84. The second kappa shape index (κ2) is 7.24. The molecule has 2 aromatic rings. The average Bonchev–Trinajstić information content (AvgIpc) is 3.04. The molecule has 1 amide bonds. The Morgan fingerprint density at radius 2 is 2.24 bits per heavy atom. The number of thiazole rings is 1. The fourth-order valence-corrected chi connectivity index (χ4v) is 3.92. The number of hydrogen-bond acceptors (Lipinski definition) is 6. The van der Waals surface area contributed by atoms with Crippen LogP contribution in [0.25, 0.3) is 0 Å². The zero-order valence-corrected chi connectivity index (χ0v) is 15.1. The first kappa shape index (κ1) is 18.1. The van der Waals surface area contributed by atoms with Crippen LogP contribution in [0.15, 0.2) is 34.7 Å². The van der Waals surface area contributed by atoms with Crippen molar-refractivity contribution >= 4 is 38.9 Å². The molecular formula is C14H13ClFN3O4S2. The molecule has 1 aromatic heterocycles. The Morgan fingerprint density at radius 1 is 1.48 bits per heavy atom. The summed E-state index contributed by atoms with van der Waals surface area (Å²) in [6.07, 6.45) is 1.47. The number of nitrogens with one attached hydrogen (secondary N) is 1. The lowest BCUT2D eigenvalue weighted by Gasteiger charge is -2.38. The van der Waals surface area contributed by atoms with Gasteiger partial charge in [-0.1, -0.05) is 22.9 Å². The zero-order valence-electron chi connectivity index (χ0n) is 12.7. The number of nitrogens with zero attached hydrogens (tertiary/aromatic N) is 2. The van der Waals surface area contributed by atoms with Crippen molar-refractivity contribution in [3.63, 3.8) is 0 Å². The first-order chi connectivity index (χ1) is 11.8. The lowest BCUT2D eigenvalue weighted by atomic mass is 10.1. The van der Waals surface area contributed by atoms with Crippen molar-refractivity contribution in [3.8, 4) is 5.19 Å². The third-order valence-electron chi connectivity index (χ3n) is 3.49. The first-order valence-electron chi connectivity index (χ1n) is 7.14. The van der Waals surface area contributed by atoms with E-state index in [2.05, 4.69) is 9.71 Å². The third kappa shape index (κ3) is 4.27. The molecule has 7 nitrogen and oxygen atoms in total. The highest BCUT2D eigenvalue weighted by Crippen LogP contribution is 2.21. The summed E-state index contributed by atoms with van der Waals surface area (Å²) in [5, 5.41) is 2.01. The van der Waals surface area contributed by atoms with E-state index in [4.69, 9.17) is 16.3 Å². The fraction of sp³-hybridized carbons (Fsp3) is 0.286. The molecule has 0 unspecified atom stereocenters. The van der Waals surface area contributed by atoms with Crippen LogP contribution in [0.2, 0.25) is 5.02 Å². The van der Waals surface area contributed by atoms with Gasteiger partial charge in [0.15, 0.2) is 0 Å². The summed E-state index contributed by atoms with van der Waals surface area (Å²) in [6, 6.07) is 3.02. The Balaban J connectivity index is 1.50. The molecule has 1 fully saturated rings. The van der Waals surface area contributed by atoms with E-state index in [1.807, 2.05) is 0 Å². The van der Waals surface area contributed by atoms with Gasteiger partial charge in [-0.15, -0.1) is 0 Å². The molecular weight excluding hydrogens is 393 g/mol. The molecule has 0 saturated carbocycles. The van der Waals surface area contributed by atoms with Gasteiger partial charge in [-0.25, -0.2) is 22.5 Å². The van der Waals surface area contributed by atoms with Gasteiger partial charge in [-0.3, -0.25) is 4.79 Å². The average molecular weight is 406 g/mol. The smallest absolute Gasteiger partial charge is 0.273 e. The molecule has 25 heavy (non-hydrogen) atoms. The van der Waals surface area contributed by atoms with Crippen molar-refractivity contribution in [2.75, 3.05) is 19.6 Å². The van der Waals surface area contributed by atoms with E-state index in [0.29, 0.717) is 18.3 Å². The van der Waals surface area contributed by atoms with Gasteiger partial charge in [0.05, 0.1) is 29.6 Å². The lowest BCUT2D eigenvalue weighted by Crippen LogP contribution is -2.58. The number of likely N-dealkylation sites (tertiary alicyclic amines) is 1. The molecule has 0 radical (unpaired) electrons. The molecule has 0 aliphatic carbocycles. The molecule has 0 atom stereocenters. The Morgan fingerprint density at radius 3 is 2.88 bits per heavy atom. The number of sulfonamides is 1. The molecule has 134 valence electrons. The first-order valence-corrected chi connectivity index (χ1v) is 9.88. The van der Waals surface area contributed by atoms with Crippen molar-refractivity contribution in [3.05, 3.63) is 40.6 Å². The number of rotatable bonds is 6. The van der Waals surface area contributed by atoms with Crippen LogP contribution in [0, 0.1) is 5.82 Å². The van der Waals surface area contributed by atoms with Gasteiger partial charge in [0.2, 0.25) is 15.9 Å². The summed E-state index contributed by atoms with van der Waals surface area (Å²) < 4.78 is 45.0. The van der Waals surface area contributed by atoms with Crippen LogP contribution in [-0.4, -0.2) is 49.9 Å². The number of aromatic nitrogens is 1. The Hall–Kier alpha value is -1.75. The maximum Gasteiger partial charge on any atom is 0.273 e. The molecule has 3 rings (SSSR count). The number of ether oxygens (including phenoxy) is 1. The molecule has 0 bridgehead atoms. The van der Waals surface area contributed by atoms with Crippen molar-refractivity contribution in [1.82, 2.24) is 14.6 Å². The standard InChI is InChI=1S/C14H13ClFN3O4S2/c15-11-5-10(1-2-12(11)16)25(21,22)18-6-13(20)19-7-9(8-19)23-14-17-3-4-24-14/h1-5,9,18H,6-8H2. The van der Waals surface area contributed by atoms with Crippen molar-refractivity contribution < 1.29 is 22.3 Å². The molecule has 1 aromatic carbocycles. The quantitative estimate of drug-likeness (QED) is 0.786. The van der Waals surface area contributed by atoms with Crippen molar-refractivity contribution in [2.45, 2.75) is 11.0 Å². The second-order valence-corrected chi connectivity index (χ2v) is 8.27. The van der Waals surface area contributed by atoms with Crippen LogP contribution >= 0.6 is 22.9 Å². The topological polar surface area (TPSA) is 88.6 Å². The summed E-state index contributed by atoms with van der Waals surface area (Å²) in [5.74, 6) is -1.10. The Bertz CT molecular complexity index is 870. The zero-order chi connectivity index (χ0) is 18.0. The van der Waals surface area contributed by atoms with Crippen LogP contribution < -0.4 is 9.46 Å². The van der Waals surface area contributed by atoms with Crippen molar-refractivity contribution in [2.24, 2.45) is 0 Å². The molecule has 1 saturated heterocycles. The SMILES string of the molecule is O=C(CNS(=O)(=O)c1ccc(F)c(Cl)c1)N1CC(Oc2nccs2)C1. The summed E-state index contributed by atoms with van der Waals surface area (Å²) >= 11 is 6.94. The Kier molecular flexibility index (Phi) is 5.23. The summed E-state index contributed by atoms with van der Waals surface area (Å²) in [5.41, 5.74) is 0. The highest BCUT2D eigenvalue weighted by Gasteiger charge is 2.33. The van der Waals surface area contributed by atoms with E-state index in [0.717, 1.165) is 18.2 Å². The molecule has 2 heterocycles. The van der Waals surface area contributed by atoms with Gasteiger partial charge >= 0.3 is 0 Å². The van der Waals surface area contributed by atoms with E-state index < -0.39 is 22.4 Å². The summed E-state index contributed by atoms with van der Waals surface area (Å²) in [4.78, 5) is 17.3. The summed E-state index contributed by atoms with van der Waals surface area (Å²) in [7, 11) is -3.95. The predicted molar refractivity (Wildman–Crippen MR) is 89.7 cm³/mol. The minimum Gasteiger partial charge on any atom is -0.463 e. The molecule has 1 aliphatic heterocycles. The van der Waals surface area contributed by atoms with Crippen LogP contribution in [0.3, 0.4) is 0 Å². The largest absolute Gasteiger partial charge is 0.463 e. The highest BCUT2D eigenvalue weighted by atomic mass is 35.5. The maximum absolute atomic E-state index is 13.1. The van der Waals surface area contributed by atoms with Crippen LogP contribution in [0.4, 0.5) is 4.39 Å². The van der Waals surface area contributed by atoms with E-state index in [1.165, 1.54) is 16.2 Å². The second-order valence-electron chi connectivity index (χ2n) is 5.24. The van der Waals surface area contributed by atoms with E-state index in [-0.39, 0.29) is 21.9 Å². The number of amides is 1.